The van der Waals surface area contributed by atoms with Crippen molar-refractivity contribution in [1.29, 1.82) is 0 Å². The number of aromatic nitrogens is 1. The van der Waals surface area contributed by atoms with Gasteiger partial charge in [-0.25, -0.2) is 0 Å². The molecule has 0 unspecified atom stereocenters. The summed E-state index contributed by atoms with van der Waals surface area (Å²) in [4.78, 5) is 4.76. The Labute approximate surface area is 118 Å². The van der Waals surface area contributed by atoms with Crippen molar-refractivity contribution in [2.45, 2.75) is 12.8 Å². The molecule has 0 radical (unpaired) electrons. The Balaban J connectivity index is 2.00. The number of ether oxygens (including phenoxy) is 1. The van der Waals surface area contributed by atoms with Crippen LogP contribution in [-0.2, 0) is 12.8 Å². The predicted octanol–water partition coefficient (Wildman–Crippen LogP) is 4.01. The van der Waals surface area contributed by atoms with Crippen LogP contribution in [0.1, 0.15) is 11.3 Å². The lowest BCUT2D eigenvalue weighted by molar-refractivity contribution is 0.415. The molecule has 0 saturated heterocycles. The van der Waals surface area contributed by atoms with Gasteiger partial charge in [0.1, 0.15) is 5.75 Å². The van der Waals surface area contributed by atoms with Gasteiger partial charge in [0.05, 0.1) is 12.6 Å². The van der Waals surface area contributed by atoms with E-state index in [0.29, 0.717) is 0 Å². The molecule has 2 aromatic carbocycles. The third kappa shape index (κ3) is 1.61. The molecule has 0 amide bonds. The van der Waals surface area contributed by atoms with E-state index < -0.39 is 0 Å². The van der Waals surface area contributed by atoms with Crippen LogP contribution in [0.2, 0.25) is 0 Å². The largest absolute Gasteiger partial charge is 0.497 e. The van der Waals surface area contributed by atoms with Crippen molar-refractivity contribution in [3.05, 3.63) is 59.8 Å². The van der Waals surface area contributed by atoms with Crippen LogP contribution in [0.15, 0.2) is 48.5 Å². The molecule has 1 aliphatic carbocycles. The number of fused-ring (bicyclic) bond motifs is 2. The predicted molar refractivity (Wildman–Crippen MR) is 81.1 cm³/mol. The fourth-order valence-electron chi connectivity index (χ4n) is 2.93. The van der Waals surface area contributed by atoms with E-state index in [-0.39, 0.29) is 0 Å². The second-order valence-electron chi connectivity index (χ2n) is 5.16. The highest BCUT2D eigenvalue weighted by atomic mass is 16.5. The summed E-state index contributed by atoms with van der Waals surface area (Å²) in [7, 11) is 1.70. The number of rotatable bonds is 2. The van der Waals surface area contributed by atoms with Gasteiger partial charge in [-0.15, -0.1) is 0 Å². The lowest BCUT2D eigenvalue weighted by Gasteiger charge is -2.23. The molecular weight excluding hydrogens is 246 g/mol. The Bertz CT molecular complexity index is 790. The summed E-state index contributed by atoms with van der Waals surface area (Å²) >= 11 is 0. The van der Waals surface area contributed by atoms with Gasteiger partial charge < -0.3 is 4.74 Å². The highest BCUT2D eigenvalue weighted by molar-refractivity contribution is 5.97. The SMILES string of the molecule is COc1ccc(-c2c3c(nc4ccccc24)CC3)cc1. The molecule has 20 heavy (non-hydrogen) atoms. The molecule has 0 N–H and O–H groups in total. The number of nitrogens with zero attached hydrogens (tertiary/aromatic N) is 1. The molecule has 0 saturated carbocycles. The van der Waals surface area contributed by atoms with Gasteiger partial charge in [-0.2, -0.15) is 0 Å². The average Bonchev–Trinajstić information content (AvgIpc) is 2.49. The van der Waals surface area contributed by atoms with Crippen molar-refractivity contribution in [1.82, 2.24) is 4.98 Å². The first kappa shape index (κ1) is 11.5. The van der Waals surface area contributed by atoms with Crippen LogP contribution in [-0.4, -0.2) is 12.1 Å². The van der Waals surface area contributed by atoms with Gasteiger partial charge in [0.2, 0.25) is 0 Å². The van der Waals surface area contributed by atoms with E-state index in [0.717, 1.165) is 24.1 Å². The molecule has 0 atom stereocenters. The topological polar surface area (TPSA) is 22.1 Å². The third-order valence-corrected chi connectivity index (χ3v) is 4.07. The molecule has 1 aromatic heterocycles. The van der Waals surface area contributed by atoms with E-state index in [9.17, 15) is 0 Å². The summed E-state index contributed by atoms with van der Waals surface area (Å²) in [5.41, 5.74) is 6.36. The van der Waals surface area contributed by atoms with E-state index >= 15 is 0 Å². The molecule has 0 aliphatic heterocycles. The van der Waals surface area contributed by atoms with Gasteiger partial charge in [-0.05, 0) is 47.7 Å². The van der Waals surface area contributed by atoms with Gasteiger partial charge in [0, 0.05) is 11.1 Å². The number of hydrogen-bond acceptors (Lipinski definition) is 2. The second-order valence-corrected chi connectivity index (χ2v) is 5.16. The first-order valence-electron chi connectivity index (χ1n) is 6.92. The van der Waals surface area contributed by atoms with E-state index in [1.165, 1.54) is 27.8 Å². The fraction of sp³-hybridized carbons (Fsp3) is 0.167. The van der Waals surface area contributed by atoms with E-state index in [4.69, 9.17) is 9.72 Å². The Morgan fingerprint density at radius 2 is 1.75 bits per heavy atom. The smallest absolute Gasteiger partial charge is 0.118 e. The summed E-state index contributed by atoms with van der Waals surface area (Å²) in [6.45, 7) is 0. The number of hydrogen-bond donors (Lipinski definition) is 0. The zero-order valence-corrected chi connectivity index (χ0v) is 11.4. The first-order valence-corrected chi connectivity index (χ1v) is 6.92. The number of para-hydroxylation sites is 1. The van der Waals surface area contributed by atoms with Gasteiger partial charge >= 0.3 is 0 Å². The Hall–Kier alpha value is -2.35. The summed E-state index contributed by atoms with van der Waals surface area (Å²) in [5.74, 6) is 0.894. The fourth-order valence-corrected chi connectivity index (χ4v) is 2.93. The molecule has 0 bridgehead atoms. The summed E-state index contributed by atoms with van der Waals surface area (Å²) in [6.07, 6.45) is 2.23. The van der Waals surface area contributed by atoms with Crippen LogP contribution < -0.4 is 4.74 Å². The third-order valence-electron chi connectivity index (χ3n) is 4.07. The van der Waals surface area contributed by atoms with Gasteiger partial charge in [-0.1, -0.05) is 30.3 Å². The van der Waals surface area contributed by atoms with Crippen LogP contribution in [0.5, 0.6) is 5.75 Å². The Morgan fingerprint density at radius 1 is 0.950 bits per heavy atom. The second kappa shape index (κ2) is 4.34. The number of aryl methyl sites for hydroxylation is 1. The first-order chi connectivity index (χ1) is 9.86. The van der Waals surface area contributed by atoms with Crippen LogP contribution in [0, 0.1) is 0 Å². The van der Waals surface area contributed by atoms with Crippen molar-refractivity contribution < 1.29 is 4.74 Å². The van der Waals surface area contributed by atoms with Crippen molar-refractivity contribution in [2.24, 2.45) is 0 Å². The molecule has 3 aromatic rings. The molecule has 0 spiro atoms. The minimum atomic E-state index is 0.894. The standard InChI is InChI=1S/C18H15NO/c1-20-13-8-6-12(7-9-13)18-14-4-2-3-5-16(14)19-17-11-10-15(17)18/h2-9H,10-11H2,1H3. The van der Waals surface area contributed by atoms with Crippen molar-refractivity contribution >= 4 is 10.9 Å². The zero-order valence-electron chi connectivity index (χ0n) is 11.4. The number of benzene rings is 2. The van der Waals surface area contributed by atoms with Crippen LogP contribution in [0.3, 0.4) is 0 Å². The molecule has 0 fully saturated rings. The molecule has 1 aliphatic rings. The zero-order chi connectivity index (χ0) is 13.5. The van der Waals surface area contributed by atoms with Gasteiger partial charge in [0.25, 0.3) is 0 Å². The van der Waals surface area contributed by atoms with Crippen LogP contribution in [0.4, 0.5) is 0 Å². The summed E-state index contributed by atoms with van der Waals surface area (Å²) in [6, 6.07) is 16.7. The minimum absolute atomic E-state index is 0.894. The number of pyridine rings is 1. The van der Waals surface area contributed by atoms with E-state index in [2.05, 4.69) is 36.4 Å². The van der Waals surface area contributed by atoms with Crippen molar-refractivity contribution in [3.63, 3.8) is 0 Å². The van der Waals surface area contributed by atoms with Crippen molar-refractivity contribution in [3.8, 4) is 16.9 Å². The quantitative estimate of drug-likeness (QED) is 0.695. The lowest BCUT2D eigenvalue weighted by atomic mass is 9.84. The van der Waals surface area contributed by atoms with E-state index in [1.54, 1.807) is 7.11 Å². The van der Waals surface area contributed by atoms with Gasteiger partial charge in [-0.3, -0.25) is 4.98 Å². The minimum Gasteiger partial charge on any atom is -0.497 e. The van der Waals surface area contributed by atoms with Crippen LogP contribution >= 0.6 is 0 Å². The lowest BCUT2D eigenvalue weighted by Crippen LogP contribution is -2.13. The number of methoxy groups -OCH3 is 1. The van der Waals surface area contributed by atoms with Crippen LogP contribution in [0.25, 0.3) is 22.0 Å². The Kier molecular flexibility index (Phi) is 2.49. The molecule has 2 heteroatoms. The molecular formula is C18H15NO. The maximum atomic E-state index is 5.25. The molecule has 4 rings (SSSR count). The van der Waals surface area contributed by atoms with Crippen molar-refractivity contribution in [2.75, 3.05) is 7.11 Å². The maximum Gasteiger partial charge on any atom is 0.118 e. The molecule has 2 nitrogen and oxygen atoms in total. The molecule has 1 heterocycles. The average molecular weight is 261 g/mol. The highest BCUT2D eigenvalue weighted by Gasteiger charge is 2.22. The summed E-state index contributed by atoms with van der Waals surface area (Å²) in [5, 5.41) is 1.25. The maximum absolute atomic E-state index is 5.25. The van der Waals surface area contributed by atoms with E-state index in [1.807, 2.05) is 12.1 Å². The Morgan fingerprint density at radius 3 is 2.45 bits per heavy atom. The van der Waals surface area contributed by atoms with Gasteiger partial charge in [0.15, 0.2) is 0 Å². The summed E-state index contributed by atoms with van der Waals surface area (Å²) < 4.78 is 5.25. The monoisotopic (exact) mass is 261 g/mol. The molecule has 98 valence electrons. The highest BCUT2D eigenvalue weighted by Crippen LogP contribution is 2.38. The normalized spacial score (nSPS) is 12.8.